The molecule has 2 unspecified atom stereocenters. The fourth-order valence-corrected chi connectivity index (χ4v) is 2.41. The van der Waals surface area contributed by atoms with Gasteiger partial charge in [0.25, 0.3) is 0 Å². The number of nitrogens with one attached hydrogen (secondary N) is 1. The van der Waals surface area contributed by atoms with Crippen molar-refractivity contribution in [2.45, 2.75) is 38.8 Å². The third-order valence-corrected chi connectivity index (χ3v) is 3.78. The molecule has 2 amide bonds. The van der Waals surface area contributed by atoms with E-state index in [1.54, 1.807) is 19.0 Å². The largest absolute Gasteiger partial charge is 0.391 e. The van der Waals surface area contributed by atoms with Crippen molar-refractivity contribution in [1.82, 2.24) is 15.2 Å². The average molecular weight is 286 g/mol. The first-order valence-electron chi connectivity index (χ1n) is 6.82. The number of hydrogen-bond acceptors (Lipinski definition) is 5. The van der Waals surface area contributed by atoms with Gasteiger partial charge in [0.05, 0.1) is 6.10 Å². The molecule has 0 bridgehead atoms. The summed E-state index contributed by atoms with van der Waals surface area (Å²) < 4.78 is 0. The fourth-order valence-electron chi connectivity index (χ4n) is 2.41. The van der Waals surface area contributed by atoms with Gasteiger partial charge in [-0.2, -0.15) is 0 Å². The number of hydrazine groups is 1. The maximum absolute atomic E-state index is 12.5. The number of carbonyl (C=O) groups is 2. The number of rotatable bonds is 5. The second kappa shape index (κ2) is 6.51. The van der Waals surface area contributed by atoms with Crippen molar-refractivity contribution in [3.05, 3.63) is 0 Å². The van der Waals surface area contributed by atoms with Crippen LogP contribution in [0.2, 0.25) is 0 Å². The van der Waals surface area contributed by atoms with Gasteiger partial charge in [0.2, 0.25) is 11.8 Å². The van der Waals surface area contributed by atoms with Crippen LogP contribution in [0.15, 0.2) is 0 Å². The summed E-state index contributed by atoms with van der Waals surface area (Å²) >= 11 is 0. The maximum Gasteiger partial charge on any atom is 0.241 e. The summed E-state index contributed by atoms with van der Waals surface area (Å²) in [6.45, 7) is 4.53. The highest BCUT2D eigenvalue weighted by molar-refractivity contribution is 5.84. The zero-order chi connectivity index (χ0) is 15.5. The van der Waals surface area contributed by atoms with Gasteiger partial charge < -0.3 is 14.9 Å². The van der Waals surface area contributed by atoms with Gasteiger partial charge in [-0.1, -0.05) is 13.8 Å². The predicted molar refractivity (Wildman–Crippen MR) is 75.4 cm³/mol. The summed E-state index contributed by atoms with van der Waals surface area (Å²) in [7, 11) is 3.36. The van der Waals surface area contributed by atoms with Crippen molar-refractivity contribution in [2.75, 3.05) is 27.2 Å². The van der Waals surface area contributed by atoms with Crippen molar-refractivity contribution in [1.29, 1.82) is 0 Å². The lowest BCUT2D eigenvalue weighted by atomic mass is 9.80. The quantitative estimate of drug-likeness (QED) is 0.441. The maximum atomic E-state index is 12.5. The molecular formula is C13H26N4O3. The molecule has 0 aliphatic carbocycles. The molecule has 1 rings (SSSR count). The van der Waals surface area contributed by atoms with Crippen LogP contribution in [-0.2, 0) is 9.59 Å². The Morgan fingerprint density at radius 3 is 2.50 bits per heavy atom. The van der Waals surface area contributed by atoms with Gasteiger partial charge in [0, 0.05) is 33.6 Å². The Morgan fingerprint density at radius 1 is 1.50 bits per heavy atom. The number of carbonyl (C=O) groups excluding carboxylic acids is 2. The van der Waals surface area contributed by atoms with E-state index >= 15 is 0 Å². The van der Waals surface area contributed by atoms with E-state index in [-0.39, 0.29) is 18.2 Å². The highest BCUT2D eigenvalue weighted by Gasteiger charge is 2.40. The molecule has 7 nitrogen and oxygen atoms in total. The minimum absolute atomic E-state index is 0.0514. The Hall–Kier alpha value is -1.18. The topological polar surface area (TPSA) is 98.9 Å². The second-order valence-corrected chi connectivity index (χ2v) is 6.28. The molecule has 0 saturated carbocycles. The Kier molecular flexibility index (Phi) is 5.50. The van der Waals surface area contributed by atoms with Gasteiger partial charge in [-0.15, -0.1) is 0 Å². The minimum Gasteiger partial charge on any atom is -0.391 e. The lowest BCUT2D eigenvalue weighted by Gasteiger charge is -2.35. The van der Waals surface area contributed by atoms with Crippen LogP contribution >= 0.6 is 0 Å². The highest BCUT2D eigenvalue weighted by atomic mass is 16.3. The predicted octanol–water partition coefficient (Wildman–Crippen LogP) is -1.08. The Bertz CT molecular complexity index is 371. The van der Waals surface area contributed by atoms with E-state index in [0.717, 1.165) is 0 Å². The first-order chi connectivity index (χ1) is 9.19. The van der Waals surface area contributed by atoms with Crippen LogP contribution in [0.4, 0.5) is 0 Å². The third-order valence-electron chi connectivity index (χ3n) is 3.78. The molecule has 1 aliphatic heterocycles. The van der Waals surface area contributed by atoms with Gasteiger partial charge in [-0.3, -0.25) is 15.4 Å². The first-order valence-corrected chi connectivity index (χ1v) is 6.82. The van der Waals surface area contributed by atoms with Crippen LogP contribution < -0.4 is 11.3 Å². The Balaban J connectivity index is 2.77. The fraction of sp³-hybridized carbons (Fsp3) is 0.846. The summed E-state index contributed by atoms with van der Waals surface area (Å²) in [5, 5.41) is 9.52. The van der Waals surface area contributed by atoms with Gasteiger partial charge in [-0.05, 0) is 11.8 Å². The minimum atomic E-state index is -0.656. The van der Waals surface area contributed by atoms with Crippen LogP contribution in [-0.4, -0.2) is 66.1 Å². The molecule has 7 heteroatoms. The van der Waals surface area contributed by atoms with E-state index in [1.165, 1.54) is 4.90 Å². The van der Waals surface area contributed by atoms with E-state index in [2.05, 4.69) is 5.43 Å². The van der Waals surface area contributed by atoms with E-state index in [9.17, 15) is 14.7 Å². The molecule has 20 heavy (non-hydrogen) atoms. The molecule has 0 spiro atoms. The number of aliphatic hydroxyl groups is 1. The summed E-state index contributed by atoms with van der Waals surface area (Å²) in [5.41, 5.74) is 1.92. The molecule has 1 fully saturated rings. The normalized spacial score (nSPS) is 20.9. The van der Waals surface area contributed by atoms with Crippen LogP contribution in [0, 0.1) is 5.41 Å². The van der Waals surface area contributed by atoms with Crippen LogP contribution in [0.5, 0.6) is 0 Å². The number of β-amino-alcohol motifs (C(OH)–C–C–N with tert-alkyl or cyclic N) is 1. The lowest BCUT2D eigenvalue weighted by molar-refractivity contribution is -0.138. The van der Waals surface area contributed by atoms with Crippen molar-refractivity contribution in [2.24, 2.45) is 11.3 Å². The lowest BCUT2D eigenvalue weighted by Crippen LogP contribution is -2.56. The summed E-state index contributed by atoms with van der Waals surface area (Å²) in [6, 6.07) is -0.656. The molecule has 0 aromatic rings. The van der Waals surface area contributed by atoms with Gasteiger partial charge >= 0.3 is 0 Å². The van der Waals surface area contributed by atoms with Crippen molar-refractivity contribution in [3.8, 4) is 0 Å². The number of amides is 2. The Labute approximate surface area is 120 Å². The van der Waals surface area contributed by atoms with Crippen molar-refractivity contribution < 1.29 is 14.7 Å². The van der Waals surface area contributed by atoms with Gasteiger partial charge in [0.1, 0.15) is 6.04 Å². The molecular weight excluding hydrogens is 260 g/mol. The number of nitrogens with two attached hydrogens (primary N) is 1. The monoisotopic (exact) mass is 286 g/mol. The molecule has 4 N–H and O–H groups in total. The smallest absolute Gasteiger partial charge is 0.241 e. The summed E-state index contributed by atoms with van der Waals surface area (Å²) in [6.07, 6.45) is 0.334. The molecule has 1 aliphatic rings. The van der Waals surface area contributed by atoms with Gasteiger partial charge in [-0.25, -0.2) is 5.43 Å². The van der Waals surface area contributed by atoms with E-state index < -0.39 is 17.6 Å². The van der Waals surface area contributed by atoms with E-state index in [1.807, 2.05) is 13.8 Å². The van der Waals surface area contributed by atoms with Gasteiger partial charge in [0.15, 0.2) is 0 Å². The molecule has 2 atom stereocenters. The standard InChI is InChI=1S/C13H26N4O3/c1-13(2,7-10(19)16(3)4)11(15-14)12(20)17-6-5-9(18)8-17/h9,11,15,18H,5-8,14H2,1-4H3. The second-order valence-electron chi connectivity index (χ2n) is 6.28. The average Bonchev–Trinajstić information content (AvgIpc) is 2.75. The molecule has 116 valence electrons. The third kappa shape index (κ3) is 3.91. The van der Waals surface area contributed by atoms with Crippen LogP contribution in [0.3, 0.4) is 0 Å². The molecule has 1 saturated heterocycles. The van der Waals surface area contributed by atoms with Crippen molar-refractivity contribution in [3.63, 3.8) is 0 Å². The molecule has 0 aromatic heterocycles. The highest BCUT2D eigenvalue weighted by Crippen LogP contribution is 2.28. The van der Waals surface area contributed by atoms with E-state index in [0.29, 0.717) is 19.5 Å². The van der Waals surface area contributed by atoms with Crippen LogP contribution in [0.25, 0.3) is 0 Å². The number of aliphatic hydroxyl groups excluding tert-OH is 1. The van der Waals surface area contributed by atoms with Crippen LogP contribution in [0.1, 0.15) is 26.7 Å². The number of likely N-dealkylation sites (tertiary alicyclic amines) is 1. The zero-order valence-electron chi connectivity index (χ0n) is 12.7. The number of nitrogens with zero attached hydrogens (tertiary/aromatic N) is 2. The van der Waals surface area contributed by atoms with E-state index in [4.69, 9.17) is 5.84 Å². The molecule has 0 radical (unpaired) electrons. The zero-order valence-corrected chi connectivity index (χ0v) is 12.7. The number of hydrogen-bond donors (Lipinski definition) is 3. The molecule has 1 heterocycles. The summed E-state index contributed by atoms with van der Waals surface area (Å²) in [4.78, 5) is 27.4. The summed E-state index contributed by atoms with van der Waals surface area (Å²) in [5.74, 6) is 5.31. The first kappa shape index (κ1) is 16.9. The van der Waals surface area contributed by atoms with Crippen molar-refractivity contribution >= 4 is 11.8 Å². The SMILES string of the molecule is CN(C)C(=O)CC(C)(C)C(NN)C(=O)N1CCC(O)C1. The molecule has 0 aromatic carbocycles. The Morgan fingerprint density at radius 2 is 2.10 bits per heavy atom.